The summed E-state index contributed by atoms with van der Waals surface area (Å²) < 4.78 is 10.7. The highest BCUT2D eigenvalue weighted by Gasteiger charge is 2.31. The first-order chi connectivity index (χ1) is 8.76. The monoisotopic (exact) mass is 245 g/mol. The van der Waals surface area contributed by atoms with Gasteiger partial charge < -0.3 is 9.47 Å². The van der Waals surface area contributed by atoms with Crippen molar-refractivity contribution in [2.24, 2.45) is 0 Å². The minimum Gasteiger partial charge on any atom is -0.456 e. The Morgan fingerprint density at radius 2 is 2.06 bits per heavy atom. The molecule has 0 aromatic heterocycles. The van der Waals surface area contributed by atoms with E-state index in [1.807, 2.05) is 6.07 Å². The molecule has 0 saturated heterocycles. The Labute approximate surface area is 106 Å². The van der Waals surface area contributed by atoms with Crippen LogP contribution in [0.4, 0.5) is 0 Å². The van der Waals surface area contributed by atoms with Gasteiger partial charge in [0.1, 0.15) is 12.2 Å². The molecule has 4 nitrogen and oxygen atoms in total. The molecule has 0 N–H and O–H groups in total. The summed E-state index contributed by atoms with van der Waals surface area (Å²) in [4.78, 5) is 12.0. The largest absolute Gasteiger partial charge is 0.456 e. The predicted molar refractivity (Wildman–Crippen MR) is 65.0 cm³/mol. The highest BCUT2D eigenvalue weighted by Crippen LogP contribution is 2.25. The molecule has 4 heteroatoms. The van der Waals surface area contributed by atoms with Crippen molar-refractivity contribution in [2.45, 2.75) is 31.5 Å². The average molecular weight is 245 g/mol. The summed E-state index contributed by atoms with van der Waals surface area (Å²) in [6.07, 6.45) is 2.50. The molecule has 1 saturated carbocycles. The van der Waals surface area contributed by atoms with Crippen molar-refractivity contribution in [1.29, 1.82) is 5.26 Å². The van der Waals surface area contributed by atoms with Crippen molar-refractivity contribution in [3.63, 3.8) is 0 Å². The van der Waals surface area contributed by atoms with Crippen LogP contribution in [0.25, 0.3) is 0 Å². The molecule has 1 aliphatic rings. The first kappa shape index (κ1) is 12.6. The molecule has 0 aliphatic heterocycles. The quantitative estimate of drug-likeness (QED) is 0.766. The third-order valence-electron chi connectivity index (χ3n) is 3.22. The molecule has 0 bridgehead atoms. The molecule has 0 heterocycles. The van der Waals surface area contributed by atoms with Crippen LogP contribution >= 0.6 is 0 Å². The van der Waals surface area contributed by atoms with Crippen molar-refractivity contribution in [1.82, 2.24) is 0 Å². The van der Waals surface area contributed by atoms with E-state index >= 15 is 0 Å². The van der Waals surface area contributed by atoms with Gasteiger partial charge >= 0.3 is 5.97 Å². The fraction of sp³-hybridized carbons (Fsp3) is 0.429. The molecule has 94 valence electrons. The van der Waals surface area contributed by atoms with E-state index in [4.69, 9.17) is 14.7 Å². The van der Waals surface area contributed by atoms with Crippen molar-refractivity contribution in [3.05, 3.63) is 35.4 Å². The van der Waals surface area contributed by atoms with Crippen LogP contribution in [-0.2, 0) is 9.47 Å². The molecule has 2 rings (SSSR count). The minimum absolute atomic E-state index is 0.0248. The number of esters is 1. The predicted octanol–water partition coefficient (Wildman–Crippen LogP) is 2.28. The summed E-state index contributed by atoms with van der Waals surface area (Å²) in [6, 6.07) is 8.66. The number of carbonyl (C=O) groups is 1. The number of nitrogens with zero attached hydrogens (tertiary/aromatic N) is 1. The van der Waals surface area contributed by atoms with Gasteiger partial charge in [0.15, 0.2) is 0 Å². The zero-order valence-electron chi connectivity index (χ0n) is 10.3. The molecule has 2 unspecified atom stereocenters. The van der Waals surface area contributed by atoms with Crippen LogP contribution in [0.5, 0.6) is 0 Å². The van der Waals surface area contributed by atoms with Gasteiger partial charge in [0.2, 0.25) is 0 Å². The SMILES string of the molecule is COC1CCCC1OC(=O)c1ccccc1C#N. The molecule has 1 aliphatic carbocycles. The number of hydrogen-bond donors (Lipinski definition) is 0. The summed E-state index contributed by atoms with van der Waals surface area (Å²) in [5.41, 5.74) is 0.663. The van der Waals surface area contributed by atoms with Crippen LogP contribution in [-0.4, -0.2) is 25.3 Å². The molecule has 1 aromatic rings. The van der Waals surface area contributed by atoms with Gasteiger partial charge in [-0.05, 0) is 31.4 Å². The van der Waals surface area contributed by atoms with Crippen LogP contribution in [0.2, 0.25) is 0 Å². The maximum Gasteiger partial charge on any atom is 0.339 e. The van der Waals surface area contributed by atoms with Crippen molar-refractivity contribution >= 4 is 5.97 Å². The third-order valence-corrected chi connectivity index (χ3v) is 3.22. The second-order valence-corrected chi connectivity index (χ2v) is 4.31. The Bertz CT molecular complexity index is 478. The Morgan fingerprint density at radius 1 is 1.33 bits per heavy atom. The summed E-state index contributed by atoms with van der Waals surface area (Å²) >= 11 is 0. The number of hydrogen-bond acceptors (Lipinski definition) is 4. The third kappa shape index (κ3) is 2.52. The van der Waals surface area contributed by atoms with Crippen molar-refractivity contribution in [2.75, 3.05) is 7.11 Å². The van der Waals surface area contributed by atoms with Crippen molar-refractivity contribution in [3.8, 4) is 6.07 Å². The number of nitriles is 1. The van der Waals surface area contributed by atoms with E-state index in [0.29, 0.717) is 11.1 Å². The van der Waals surface area contributed by atoms with Crippen LogP contribution < -0.4 is 0 Å². The lowest BCUT2D eigenvalue weighted by atomic mass is 10.1. The summed E-state index contributed by atoms with van der Waals surface area (Å²) in [5.74, 6) is -0.443. The molecule has 1 fully saturated rings. The second-order valence-electron chi connectivity index (χ2n) is 4.31. The fourth-order valence-corrected chi connectivity index (χ4v) is 2.26. The van der Waals surface area contributed by atoms with Crippen LogP contribution in [0.3, 0.4) is 0 Å². The highest BCUT2D eigenvalue weighted by atomic mass is 16.6. The molecule has 0 spiro atoms. The topological polar surface area (TPSA) is 59.3 Å². The molecular formula is C14H15NO3. The van der Waals surface area contributed by atoms with Gasteiger partial charge in [-0.3, -0.25) is 0 Å². The van der Waals surface area contributed by atoms with Gasteiger partial charge in [-0.15, -0.1) is 0 Å². The first-order valence-electron chi connectivity index (χ1n) is 5.99. The number of ether oxygens (including phenoxy) is 2. The maximum atomic E-state index is 12.0. The number of benzene rings is 1. The highest BCUT2D eigenvalue weighted by molar-refractivity contribution is 5.92. The van der Waals surface area contributed by atoms with E-state index in [1.165, 1.54) is 0 Å². The first-order valence-corrected chi connectivity index (χ1v) is 5.99. The van der Waals surface area contributed by atoms with Crippen LogP contribution in [0, 0.1) is 11.3 Å². The Kier molecular flexibility index (Phi) is 3.96. The normalized spacial score (nSPS) is 22.4. The zero-order chi connectivity index (χ0) is 13.0. The number of carbonyl (C=O) groups excluding carboxylic acids is 1. The summed E-state index contributed by atoms with van der Waals surface area (Å²) in [6.45, 7) is 0. The molecule has 0 amide bonds. The van der Waals surface area contributed by atoms with E-state index in [9.17, 15) is 4.79 Å². The van der Waals surface area contributed by atoms with Crippen molar-refractivity contribution < 1.29 is 14.3 Å². The van der Waals surface area contributed by atoms with Gasteiger partial charge in [-0.2, -0.15) is 5.26 Å². The Morgan fingerprint density at radius 3 is 2.78 bits per heavy atom. The lowest BCUT2D eigenvalue weighted by Crippen LogP contribution is -2.28. The lowest BCUT2D eigenvalue weighted by molar-refractivity contribution is -0.0207. The van der Waals surface area contributed by atoms with E-state index in [1.54, 1.807) is 31.4 Å². The van der Waals surface area contributed by atoms with E-state index in [0.717, 1.165) is 19.3 Å². The summed E-state index contributed by atoms with van der Waals surface area (Å²) in [5, 5.41) is 8.94. The smallest absolute Gasteiger partial charge is 0.339 e. The van der Waals surface area contributed by atoms with Gasteiger partial charge in [0, 0.05) is 7.11 Å². The second kappa shape index (κ2) is 5.65. The van der Waals surface area contributed by atoms with Gasteiger partial charge in [-0.1, -0.05) is 12.1 Å². The van der Waals surface area contributed by atoms with Crippen LogP contribution in [0.1, 0.15) is 35.2 Å². The van der Waals surface area contributed by atoms with Crippen LogP contribution in [0.15, 0.2) is 24.3 Å². The van der Waals surface area contributed by atoms with Gasteiger partial charge in [0.05, 0.1) is 17.2 Å². The number of methoxy groups -OCH3 is 1. The van der Waals surface area contributed by atoms with Gasteiger partial charge in [-0.25, -0.2) is 4.79 Å². The fourth-order valence-electron chi connectivity index (χ4n) is 2.26. The molecular weight excluding hydrogens is 230 g/mol. The lowest BCUT2D eigenvalue weighted by Gasteiger charge is -2.18. The number of rotatable bonds is 3. The minimum atomic E-state index is -0.443. The molecule has 2 atom stereocenters. The molecule has 1 aromatic carbocycles. The molecule has 18 heavy (non-hydrogen) atoms. The van der Waals surface area contributed by atoms with E-state index < -0.39 is 5.97 Å². The van der Waals surface area contributed by atoms with E-state index in [2.05, 4.69) is 0 Å². The Balaban J connectivity index is 2.10. The Hall–Kier alpha value is -1.86. The maximum absolute atomic E-state index is 12.0. The zero-order valence-corrected chi connectivity index (χ0v) is 10.3. The standard InChI is InChI=1S/C14H15NO3/c1-17-12-7-4-8-13(12)18-14(16)11-6-3-2-5-10(11)9-15/h2-3,5-6,12-13H,4,7-8H2,1H3. The van der Waals surface area contributed by atoms with Gasteiger partial charge in [0.25, 0.3) is 0 Å². The summed E-state index contributed by atoms with van der Waals surface area (Å²) in [7, 11) is 1.63. The molecule has 0 radical (unpaired) electrons. The van der Waals surface area contributed by atoms with E-state index in [-0.39, 0.29) is 12.2 Å². The average Bonchev–Trinajstić information content (AvgIpc) is 2.85.